The van der Waals surface area contributed by atoms with Crippen molar-refractivity contribution in [3.8, 4) is 0 Å². The number of carbonyl (C=O) groups excluding carboxylic acids is 1. The van der Waals surface area contributed by atoms with Crippen LogP contribution in [0.25, 0.3) is 0 Å². The topological polar surface area (TPSA) is 58.1 Å². The van der Waals surface area contributed by atoms with Crippen LogP contribution in [0.4, 0.5) is 5.82 Å². The van der Waals surface area contributed by atoms with Crippen LogP contribution in [0.2, 0.25) is 0 Å². The van der Waals surface area contributed by atoms with Crippen LogP contribution in [0.5, 0.6) is 0 Å². The Kier molecular flexibility index (Phi) is 4.28. The quantitative estimate of drug-likeness (QED) is 0.860. The molecular weight excluding hydrogens is 336 g/mol. The first-order valence-corrected chi connectivity index (χ1v) is 10.6. The molecule has 148 valence electrons. The van der Waals surface area contributed by atoms with Gasteiger partial charge >= 0.3 is 0 Å². The summed E-state index contributed by atoms with van der Waals surface area (Å²) in [6, 6.07) is 2.55. The number of nitrogens with zero attached hydrogens (tertiary/aromatic N) is 3. The van der Waals surface area contributed by atoms with Crippen LogP contribution >= 0.6 is 0 Å². The Bertz CT molecular complexity index is 735. The van der Waals surface area contributed by atoms with Crippen LogP contribution in [0.1, 0.15) is 78.2 Å². The summed E-state index contributed by atoms with van der Waals surface area (Å²) in [6.45, 7) is 15.0. The van der Waals surface area contributed by atoms with E-state index in [1.54, 1.807) is 0 Å². The molecule has 2 heterocycles. The molecule has 5 nitrogen and oxygen atoms in total. The Labute approximate surface area is 163 Å². The van der Waals surface area contributed by atoms with E-state index in [9.17, 15) is 4.79 Å². The van der Waals surface area contributed by atoms with Crippen molar-refractivity contribution in [2.75, 3.05) is 18.0 Å². The molecule has 1 aliphatic heterocycles. The van der Waals surface area contributed by atoms with Gasteiger partial charge in [-0.05, 0) is 19.3 Å². The number of rotatable bonds is 5. The van der Waals surface area contributed by atoms with Gasteiger partial charge in [0.1, 0.15) is 11.6 Å². The van der Waals surface area contributed by atoms with Crippen molar-refractivity contribution >= 4 is 11.7 Å². The number of piperidine rings is 1. The van der Waals surface area contributed by atoms with Gasteiger partial charge in [0.15, 0.2) is 0 Å². The molecule has 5 heteroatoms. The first kappa shape index (κ1) is 18.7. The van der Waals surface area contributed by atoms with Gasteiger partial charge in [-0.25, -0.2) is 9.97 Å². The van der Waals surface area contributed by atoms with Crippen LogP contribution in [0, 0.1) is 17.3 Å². The van der Waals surface area contributed by atoms with Crippen molar-refractivity contribution in [1.29, 1.82) is 0 Å². The minimum atomic E-state index is -0.0307. The number of hydrogen-bond acceptors (Lipinski definition) is 4. The summed E-state index contributed by atoms with van der Waals surface area (Å²) in [5.74, 6) is 3.77. The molecule has 4 rings (SSSR count). The van der Waals surface area contributed by atoms with E-state index in [1.165, 1.54) is 0 Å². The minimum absolute atomic E-state index is 0.0131. The molecule has 2 aliphatic carbocycles. The van der Waals surface area contributed by atoms with E-state index in [0.717, 1.165) is 49.7 Å². The smallest absolute Gasteiger partial charge is 0.226 e. The highest BCUT2D eigenvalue weighted by Crippen LogP contribution is 2.51. The molecule has 1 saturated heterocycles. The molecule has 3 atom stereocenters. The highest BCUT2D eigenvalue weighted by Gasteiger charge is 2.59. The molecule has 0 bridgehead atoms. The van der Waals surface area contributed by atoms with Crippen LogP contribution < -0.4 is 10.2 Å². The molecule has 0 aromatic carbocycles. The average molecular weight is 371 g/mol. The lowest BCUT2D eigenvalue weighted by Gasteiger charge is -2.26. The number of amides is 1. The van der Waals surface area contributed by atoms with Crippen molar-refractivity contribution in [3.05, 3.63) is 17.6 Å². The van der Waals surface area contributed by atoms with Crippen LogP contribution in [-0.2, 0) is 10.2 Å². The Hall–Kier alpha value is -1.65. The number of anilines is 1. The molecule has 27 heavy (non-hydrogen) atoms. The fourth-order valence-corrected chi connectivity index (χ4v) is 4.38. The summed E-state index contributed by atoms with van der Waals surface area (Å²) in [5, 5.41) is 3.35. The molecule has 0 spiro atoms. The summed E-state index contributed by atoms with van der Waals surface area (Å²) in [7, 11) is 0. The van der Waals surface area contributed by atoms with E-state index >= 15 is 0 Å². The fraction of sp³-hybridized carbons (Fsp3) is 0.773. The fourth-order valence-electron chi connectivity index (χ4n) is 4.38. The van der Waals surface area contributed by atoms with Gasteiger partial charge in [0.2, 0.25) is 5.91 Å². The molecule has 1 aromatic heterocycles. The lowest BCUT2D eigenvalue weighted by Crippen LogP contribution is -2.38. The van der Waals surface area contributed by atoms with Gasteiger partial charge in [0, 0.05) is 53.8 Å². The normalized spacial score (nSPS) is 28.3. The average Bonchev–Trinajstić information content (AvgIpc) is 3.49. The first-order chi connectivity index (χ1) is 12.6. The summed E-state index contributed by atoms with van der Waals surface area (Å²) in [5.41, 5.74) is 1.09. The number of hydrogen-bond donors (Lipinski definition) is 1. The zero-order chi connectivity index (χ0) is 19.6. The molecule has 3 aliphatic rings. The maximum atomic E-state index is 12.5. The summed E-state index contributed by atoms with van der Waals surface area (Å²) in [6.07, 6.45) is 3.11. The molecule has 1 N–H and O–H groups in total. The maximum Gasteiger partial charge on any atom is 0.226 e. The number of fused-ring (bicyclic) bond motifs is 1. The zero-order valence-corrected chi connectivity index (χ0v) is 17.7. The highest BCUT2D eigenvalue weighted by atomic mass is 16.2. The molecule has 0 radical (unpaired) electrons. The molecule has 1 amide bonds. The first-order valence-electron chi connectivity index (χ1n) is 10.6. The lowest BCUT2D eigenvalue weighted by molar-refractivity contribution is -0.126. The number of carbonyl (C=O) groups is 1. The van der Waals surface area contributed by atoms with Crippen LogP contribution in [-0.4, -0.2) is 35.0 Å². The summed E-state index contributed by atoms with van der Waals surface area (Å²) >= 11 is 0. The van der Waals surface area contributed by atoms with Gasteiger partial charge in [0.05, 0.1) is 5.69 Å². The Morgan fingerprint density at radius 3 is 2.37 bits per heavy atom. The largest absolute Gasteiger partial charge is 0.356 e. The molecular formula is C22H34N4O. The minimum Gasteiger partial charge on any atom is -0.356 e. The molecule has 3 fully saturated rings. The van der Waals surface area contributed by atoms with Gasteiger partial charge in [-0.15, -0.1) is 0 Å². The third kappa shape index (κ3) is 3.34. The van der Waals surface area contributed by atoms with Crippen LogP contribution in [0.3, 0.4) is 0 Å². The molecule has 2 saturated carbocycles. The predicted octanol–water partition coefficient (Wildman–Crippen LogP) is 3.64. The van der Waals surface area contributed by atoms with E-state index in [1.807, 2.05) is 0 Å². The Morgan fingerprint density at radius 1 is 1.26 bits per heavy atom. The third-order valence-corrected chi connectivity index (χ3v) is 6.84. The monoisotopic (exact) mass is 370 g/mol. The van der Waals surface area contributed by atoms with Crippen molar-refractivity contribution in [2.45, 2.75) is 78.2 Å². The number of aromatic nitrogens is 2. The predicted molar refractivity (Wildman–Crippen MR) is 108 cm³/mol. The van der Waals surface area contributed by atoms with E-state index in [-0.39, 0.29) is 10.8 Å². The van der Waals surface area contributed by atoms with Crippen LogP contribution in [0.15, 0.2) is 6.07 Å². The Morgan fingerprint density at radius 2 is 1.89 bits per heavy atom. The van der Waals surface area contributed by atoms with Crippen molar-refractivity contribution in [2.24, 2.45) is 17.3 Å². The second-order valence-electron chi connectivity index (χ2n) is 10.2. The second-order valence-corrected chi connectivity index (χ2v) is 10.2. The third-order valence-electron chi connectivity index (χ3n) is 6.84. The van der Waals surface area contributed by atoms with Gasteiger partial charge in [0.25, 0.3) is 0 Å². The molecule has 1 aromatic rings. The van der Waals surface area contributed by atoms with E-state index < -0.39 is 0 Å². The SMILES string of the molecule is CCC1(C(=O)NC2[C@H]3CN(c4cc(C(C)(C)C)nc(C(C)C)n4)C[C@@H]23)CC1. The molecule has 1 unspecified atom stereocenters. The van der Waals surface area contributed by atoms with E-state index in [2.05, 4.69) is 57.8 Å². The van der Waals surface area contributed by atoms with Crippen molar-refractivity contribution in [3.63, 3.8) is 0 Å². The van der Waals surface area contributed by atoms with Gasteiger partial charge in [-0.3, -0.25) is 4.79 Å². The zero-order valence-electron chi connectivity index (χ0n) is 17.7. The lowest BCUT2D eigenvalue weighted by atomic mass is 9.91. The second kappa shape index (κ2) is 6.18. The number of nitrogens with one attached hydrogen (secondary N) is 1. The van der Waals surface area contributed by atoms with Gasteiger partial charge < -0.3 is 10.2 Å². The standard InChI is InChI=1S/C22H34N4O/c1-7-22(8-9-22)20(27)25-18-14-11-26(12-15(14)18)17-10-16(21(4,5)6)23-19(24-17)13(2)3/h10,13-15,18H,7-9,11-12H2,1-6H3,(H,25,27)/t14-,15+,18?. The van der Waals surface area contributed by atoms with Crippen molar-refractivity contribution < 1.29 is 4.79 Å². The van der Waals surface area contributed by atoms with Crippen molar-refractivity contribution in [1.82, 2.24) is 15.3 Å². The van der Waals surface area contributed by atoms with E-state index in [0.29, 0.717) is 29.7 Å². The van der Waals surface area contributed by atoms with E-state index in [4.69, 9.17) is 9.97 Å². The summed E-state index contributed by atoms with van der Waals surface area (Å²) in [4.78, 5) is 24.6. The summed E-state index contributed by atoms with van der Waals surface area (Å²) < 4.78 is 0. The Balaban J connectivity index is 1.44. The maximum absolute atomic E-state index is 12.5. The van der Waals surface area contributed by atoms with Gasteiger partial charge in [-0.2, -0.15) is 0 Å². The highest BCUT2D eigenvalue weighted by molar-refractivity contribution is 5.85. The van der Waals surface area contributed by atoms with Gasteiger partial charge in [-0.1, -0.05) is 41.5 Å².